The average Bonchev–Trinajstić information content (AvgIpc) is 1.65. The molecule has 0 saturated heterocycles. The summed E-state index contributed by atoms with van der Waals surface area (Å²) in [5.41, 5.74) is 16.6. The number of halogens is 1. The Morgan fingerprint density at radius 3 is 1.24 bits per heavy atom. The number of aromatic amines is 1. The molecule has 0 aliphatic carbocycles. The first-order valence-corrected chi connectivity index (χ1v) is 37.2. The van der Waals surface area contributed by atoms with Crippen LogP contribution in [0.4, 0.5) is 21.5 Å². The summed E-state index contributed by atoms with van der Waals surface area (Å²) in [5, 5.41) is 35.7. The molecule has 31 heteroatoms. The van der Waals surface area contributed by atoms with E-state index in [0.29, 0.717) is 53.0 Å². The third kappa shape index (κ3) is 14.8. The number of nitro groups is 2. The number of rotatable bonds is 11. The van der Waals surface area contributed by atoms with Crippen LogP contribution in [-0.2, 0) is 73.4 Å². The number of anilines is 1. The molecule has 0 radical (unpaired) electrons. The van der Waals surface area contributed by atoms with E-state index in [1.54, 1.807) is 92.7 Å². The molecule has 0 fully saturated rings. The van der Waals surface area contributed by atoms with E-state index in [2.05, 4.69) is 20.3 Å². The van der Waals surface area contributed by atoms with E-state index in [1.165, 1.54) is 64.9 Å². The van der Waals surface area contributed by atoms with Gasteiger partial charge in [-0.25, -0.2) is 14.4 Å². The first-order valence-electron chi connectivity index (χ1n) is 27.2. The SMILES string of the molecule is Cn1nccc1-c1cc(N)c2c(c1)n(Cc1ccccc1)c(=O)n2C.Cn1nccc1-c1cc([N+](=O)[O-])c2[nH]c(=O)n(Cc3ccccc3)c2c1.Cn1nccc1-c1cc([N+](=O)[O-])c2c(c1)n(Cc1ccccc1)c(=O)n2C.O=S(=O)=S(=O)=O.[2H]CF.[Na][Na]. The van der Waals surface area contributed by atoms with Crippen LogP contribution in [0.25, 0.3) is 66.9 Å². The zero-order valence-electron chi connectivity index (χ0n) is 49.5. The molecule has 6 aromatic carbocycles. The van der Waals surface area contributed by atoms with Gasteiger partial charge in [-0.2, -0.15) is 32.1 Å². The second-order valence-electron chi connectivity index (χ2n) is 19.0. The molecule has 3 N–H and O–H groups in total. The second-order valence-corrected chi connectivity index (χ2v) is 21.4. The second kappa shape index (κ2) is 30.0. The Kier molecular flexibility index (Phi) is 22.2. The maximum absolute atomic E-state index is 12.8. The number of benzene rings is 6. The van der Waals surface area contributed by atoms with Crippen molar-refractivity contribution >= 4 is 112 Å². The van der Waals surface area contributed by atoms with Crippen molar-refractivity contribution in [2.45, 2.75) is 19.6 Å². The molecule has 88 heavy (non-hydrogen) atoms. The van der Waals surface area contributed by atoms with Gasteiger partial charge in [0.05, 0.1) is 82.8 Å². The van der Waals surface area contributed by atoms with Crippen LogP contribution in [0.1, 0.15) is 18.1 Å². The van der Waals surface area contributed by atoms with Crippen molar-refractivity contribution in [3.8, 4) is 33.8 Å². The number of nitrogens with zero attached hydrogens (tertiary/aromatic N) is 13. The van der Waals surface area contributed by atoms with Crippen molar-refractivity contribution in [3.05, 3.63) is 233 Å². The predicted molar refractivity (Wildman–Crippen MR) is 334 cm³/mol. The van der Waals surface area contributed by atoms with Gasteiger partial charge in [-0.05, 0) is 59.2 Å². The van der Waals surface area contributed by atoms with Crippen molar-refractivity contribution in [2.24, 2.45) is 35.2 Å². The number of H-pyrrole nitrogens is 1. The third-order valence-corrected chi connectivity index (χ3v) is 14.6. The number of hydrogen-bond acceptors (Lipinski definition) is 15. The number of imidazole rings is 3. The van der Waals surface area contributed by atoms with E-state index in [4.69, 9.17) is 23.9 Å². The summed E-state index contributed by atoms with van der Waals surface area (Å²) in [6.07, 6.45) is 5.00. The molecular formula is C57H54FN15Na2O11S2. The number of fused-ring (bicyclic) bond motifs is 3. The van der Waals surface area contributed by atoms with Gasteiger partial charge in [0.1, 0.15) is 11.0 Å². The molecular weight excluding hydrogens is 1200 g/mol. The molecule has 12 aromatic rings. The number of nitro benzene ring substituents is 2. The maximum atomic E-state index is 12.8. The third-order valence-electron chi connectivity index (χ3n) is 13.7. The Hall–Kier alpha value is -9.07. The molecule has 0 unspecified atom stereocenters. The van der Waals surface area contributed by atoms with Crippen LogP contribution in [0.2, 0.25) is 0 Å². The molecule has 0 aliphatic rings. The number of hydrogen-bond donors (Lipinski definition) is 2. The molecule has 0 saturated carbocycles. The topological polar surface area (TPSA) is 326 Å². The standard InChI is InChI=1S/C19H17N5O3.C19H19N5O.C18H15N5O3.CH3F.2Na.O4S2/c1-21-18-16(23(19(21)25)12-13-6-4-3-5-7-13)10-14(11-17(18)24(26)27)15-8-9-20-22(15)2;1-22-18-15(20)10-14(16-8-9-21-23(16)2)11-17(18)24(19(22)25)12-13-6-4-3-5-7-13;1-21-14(7-8-19-21)13-9-15-17(16(10-13)23(25)26)20-18(24)22(15)11-12-5-3-2-4-6-12;1-2;;;1-5(2)6(3)4/h3-11H,12H2,1-2H3;3-11H,12,20H2,1-2H3;2-10H,11H2,1H3,(H,20,24);1H3;;;/i;;;1D;;;. The fraction of sp³-hybridized carbons (Fsp3) is 0.158. The predicted octanol–water partition coefficient (Wildman–Crippen LogP) is 6.24. The van der Waals surface area contributed by atoms with Crippen LogP contribution in [-0.4, -0.2) is 135 Å². The summed E-state index contributed by atoms with van der Waals surface area (Å²) >= 11 is 2.89. The number of nitrogen functional groups attached to an aromatic ring is 1. The van der Waals surface area contributed by atoms with E-state index in [1.807, 2.05) is 122 Å². The minimum atomic E-state index is -2.95. The molecule has 0 bridgehead atoms. The van der Waals surface area contributed by atoms with Gasteiger partial charge in [-0.3, -0.25) is 66.5 Å². The molecule has 0 spiro atoms. The van der Waals surface area contributed by atoms with E-state index in [9.17, 15) is 39.0 Å². The molecule has 0 atom stereocenters. The number of nitrogens with two attached hydrogens (primary N) is 1. The minimum absolute atomic E-state index is 0.0762. The van der Waals surface area contributed by atoms with Crippen molar-refractivity contribution in [1.82, 2.24) is 57.2 Å². The molecule has 26 nitrogen and oxygen atoms in total. The van der Waals surface area contributed by atoms with Crippen LogP contribution in [0.5, 0.6) is 0 Å². The molecule has 444 valence electrons. The van der Waals surface area contributed by atoms with Gasteiger partial charge >= 0.3 is 79.2 Å². The molecule has 0 amide bonds. The van der Waals surface area contributed by atoms with Gasteiger partial charge in [-0.1, -0.05) is 91.0 Å². The zero-order chi connectivity index (χ0) is 64.8. The molecule has 6 heterocycles. The first-order chi connectivity index (χ1) is 42.6. The Labute approximate surface area is 531 Å². The summed E-state index contributed by atoms with van der Waals surface area (Å²) in [6, 6.07) is 44.9. The number of aromatic nitrogens is 12. The van der Waals surface area contributed by atoms with Crippen LogP contribution >= 0.6 is 0 Å². The fourth-order valence-electron chi connectivity index (χ4n) is 9.82. The van der Waals surface area contributed by atoms with Gasteiger partial charge in [0.15, 0.2) is 0 Å². The first kappa shape index (κ1) is 64.9. The normalized spacial score (nSPS) is 10.7. The van der Waals surface area contributed by atoms with Crippen molar-refractivity contribution in [3.63, 3.8) is 0 Å². The van der Waals surface area contributed by atoms with Crippen molar-refractivity contribution in [2.75, 3.05) is 12.9 Å². The van der Waals surface area contributed by atoms with E-state index in [-0.39, 0.29) is 34.0 Å². The monoisotopic (exact) mass is 1250 g/mol. The molecule has 0 aliphatic heterocycles. The van der Waals surface area contributed by atoms with Crippen molar-refractivity contribution < 1.29 is 32.4 Å². The van der Waals surface area contributed by atoms with Gasteiger partial charge in [-0.15, -0.1) is 0 Å². The van der Waals surface area contributed by atoms with Gasteiger partial charge in [0.2, 0.25) is 0 Å². The Morgan fingerprint density at radius 1 is 0.534 bits per heavy atom. The van der Waals surface area contributed by atoms with Crippen LogP contribution < -0.4 is 22.8 Å². The number of non-ortho nitro benzene ring substituents is 2. The summed E-state index contributed by atoms with van der Waals surface area (Å²) < 4.78 is 64.7. The summed E-state index contributed by atoms with van der Waals surface area (Å²) in [7, 11) is 1.83. The quantitative estimate of drug-likeness (QED) is 0.0627. The fourth-order valence-corrected chi connectivity index (χ4v) is 9.82. The molecule has 12 rings (SSSR count). The Balaban J connectivity index is 0.000000175. The summed E-state index contributed by atoms with van der Waals surface area (Å²) in [4.78, 5) is 63.0. The van der Waals surface area contributed by atoms with E-state index < -0.39 is 35.5 Å². The zero-order valence-corrected chi connectivity index (χ0v) is 54.1. The van der Waals surface area contributed by atoms with Gasteiger partial charge < -0.3 is 5.73 Å². The van der Waals surface area contributed by atoms with Crippen LogP contribution in [0.15, 0.2) is 179 Å². The summed E-state index contributed by atoms with van der Waals surface area (Å²) in [5.74, 6) is 0. The van der Waals surface area contributed by atoms with Crippen molar-refractivity contribution in [1.29, 1.82) is 0 Å². The summed E-state index contributed by atoms with van der Waals surface area (Å²) in [6.45, 7) is 1.17. The number of nitrogens with one attached hydrogen (secondary N) is 1. The average molecular weight is 1260 g/mol. The van der Waals surface area contributed by atoms with E-state index in [0.717, 1.165) is 50.4 Å². The van der Waals surface area contributed by atoms with Crippen LogP contribution in [0, 0.1) is 20.2 Å². The Bertz CT molecular complexity index is 4940. The number of aryl methyl sites for hydroxylation is 5. The molecule has 6 aromatic heterocycles. The Morgan fingerprint density at radius 2 is 0.875 bits per heavy atom. The van der Waals surface area contributed by atoms with Crippen LogP contribution in [0.3, 0.4) is 0 Å². The number of alkyl halides is 1. The van der Waals surface area contributed by atoms with E-state index >= 15 is 0 Å². The van der Waals surface area contributed by atoms with Gasteiger partial charge in [0.25, 0.3) is 11.4 Å². The van der Waals surface area contributed by atoms with Gasteiger partial charge in [0, 0.05) is 82.7 Å².